The molecular weight excluding hydrogens is 305 g/mol. The first-order valence-electron chi connectivity index (χ1n) is 5.99. The molecular formula is C13H15Cl2NO2S. The Bertz CT molecular complexity index is 478. The minimum absolute atomic E-state index is 0.121. The summed E-state index contributed by atoms with van der Waals surface area (Å²) in [5, 5.41) is 1.05. The highest BCUT2D eigenvalue weighted by Gasteiger charge is 2.44. The number of carbonyl (C=O) groups excluding carboxylic acids is 1. The molecule has 0 aromatic carbocycles. The summed E-state index contributed by atoms with van der Waals surface area (Å²) in [5.74, 6) is 1.61. The molecule has 0 amide bonds. The van der Waals surface area contributed by atoms with Crippen molar-refractivity contribution in [1.82, 2.24) is 4.98 Å². The smallest absolute Gasteiger partial charge is 0.306 e. The highest BCUT2D eigenvalue weighted by atomic mass is 35.5. The molecule has 0 radical (unpaired) electrons. The summed E-state index contributed by atoms with van der Waals surface area (Å²) < 4.78 is 4.73. The van der Waals surface area contributed by atoms with E-state index in [-0.39, 0.29) is 11.4 Å². The second-order valence-corrected chi connectivity index (χ2v) is 6.62. The third kappa shape index (κ3) is 4.26. The highest BCUT2D eigenvalue weighted by molar-refractivity contribution is 7.98. The van der Waals surface area contributed by atoms with Gasteiger partial charge in [-0.1, -0.05) is 23.2 Å². The van der Waals surface area contributed by atoms with Gasteiger partial charge in [-0.2, -0.15) is 11.8 Å². The van der Waals surface area contributed by atoms with Crippen LogP contribution in [0.2, 0.25) is 10.2 Å². The van der Waals surface area contributed by atoms with Gasteiger partial charge in [0.15, 0.2) is 0 Å². The van der Waals surface area contributed by atoms with Crippen LogP contribution in [-0.2, 0) is 15.3 Å². The van der Waals surface area contributed by atoms with Crippen molar-refractivity contribution in [1.29, 1.82) is 0 Å². The number of carbonyl (C=O) groups is 1. The molecule has 0 unspecified atom stereocenters. The second-order valence-electron chi connectivity index (χ2n) is 4.84. The standard InChI is InChI=1S/C13H15Cl2NO2S/c1-18-12(17)5-13(2-3-13)8-19-7-9-6-16-11(15)4-10(9)14/h4,6H,2-3,5,7-8H2,1H3. The number of hydrogen-bond donors (Lipinski definition) is 0. The maximum atomic E-state index is 11.3. The molecule has 0 saturated heterocycles. The summed E-state index contributed by atoms with van der Waals surface area (Å²) in [5.41, 5.74) is 1.12. The fourth-order valence-corrected chi connectivity index (χ4v) is 3.73. The quantitative estimate of drug-likeness (QED) is 0.587. The summed E-state index contributed by atoms with van der Waals surface area (Å²) in [6, 6.07) is 1.65. The number of thioether (sulfide) groups is 1. The number of esters is 1. The SMILES string of the molecule is COC(=O)CC1(CSCc2cnc(Cl)cc2Cl)CC1. The van der Waals surface area contributed by atoms with Gasteiger partial charge in [0.2, 0.25) is 0 Å². The van der Waals surface area contributed by atoms with E-state index >= 15 is 0 Å². The van der Waals surface area contributed by atoms with Gasteiger partial charge in [0.25, 0.3) is 0 Å². The Labute approximate surface area is 127 Å². The van der Waals surface area contributed by atoms with Gasteiger partial charge < -0.3 is 4.74 Å². The molecule has 1 aliphatic carbocycles. The van der Waals surface area contributed by atoms with Crippen LogP contribution in [0.25, 0.3) is 0 Å². The van der Waals surface area contributed by atoms with E-state index in [2.05, 4.69) is 4.98 Å². The van der Waals surface area contributed by atoms with E-state index in [0.29, 0.717) is 16.6 Å². The molecule has 1 saturated carbocycles. The Kier molecular flexibility index (Phi) is 4.98. The van der Waals surface area contributed by atoms with Crippen LogP contribution >= 0.6 is 35.0 Å². The van der Waals surface area contributed by atoms with Gasteiger partial charge in [0, 0.05) is 17.0 Å². The predicted molar refractivity (Wildman–Crippen MR) is 78.7 cm³/mol. The molecule has 1 heterocycles. The molecule has 104 valence electrons. The number of nitrogens with zero attached hydrogens (tertiary/aromatic N) is 1. The summed E-state index contributed by atoms with van der Waals surface area (Å²) in [4.78, 5) is 15.3. The lowest BCUT2D eigenvalue weighted by atomic mass is 10.1. The van der Waals surface area contributed by atoms with Crippen molar-refractivity contribution < 1.29 is 9.53 Å². The zero-order valence-corrected chi connectivity index (χ0v) is 12.9. The molecule has 0 N–H and O–H groups in total. The number of rotatable bonds is 6. The lowest BCUT2D eigenvalue weighted by Crippen LogP contribution is -2.13. The first kappa shape index (κ1) is 14.9. The monoisotopic (exact) mass is 319 g/mol. The van der Waals surface area contributed by atoms with Crippen molar-refractivity contribution in [2.75, 3.05) is 12.9 Å². The van der Waals surface area contributed by atoms with Crippen LogP contribution in [0.4, 0.5) is 0 Å². The summed E-state index contributed by atoms with van der Waals surface area (Å²) in [6.45, 7) is 0. The Balaban J connectivity index is 1.82. The first-order chi connectivity index (χ1) is 9.04. The Hall–Kier alpha value is -0.450. The first-order valence-corrected chi connectivity index (χ1v) is 7.90. The van der Waals surface area contributed by atoms with Crippen molar-refractivity contribution in [3.63, 3.8) is 0 Å². The van der Waals surface area contributed by atoms with Crippen molar-refractivity contribution >= 4 is 40.9 Å². The predicted octanol–water partition coefficient (Wildman–Crippen LogP) is 3.96. The number of pyridine rings is 1. The van der Waals surface area contributed by atoms with Gasteiger partial charge in [-0.05, 0) is 35.6 Å². The van der Waals surface area contributed by atoms with Crippen LogP contribution in [-0.4, -0.2) is 23.8 Å². The van der Waals surface area contributed by atoms with E-state index in [0.717, 1.165) is 29.9 Å². The number of halogens is 2. The molecule has 0 aliphatic heterocycles. The van der Waals surface area contributed by atoms with Gasteiger partial charge in [-0.25, -0.2) is 4.98 Å². The van der Waals surface area contributed by atoms with Crippen LogP contribution in [0.3, 0.4) is 0 Å². The number of methoxy groups -OCH3 is 1. The minimum Gasteiger partial charge on any atom is -0.469 e. The van der Waals surface area contributed by atoms with Crippen molar-refractivity contribution in [3.05, 3.63) is 28.0 Å². The number of aromatic nitrogens is 1. The van der Waals surface area contributed by atoms with E-state index in [1.54, 1.807) is 24.0 Å². The van der Waals surface area contributed by atoms with Crippen molar-refractivity contribution in [2.24, 2.45) is 5.41 Å². The van der Waals surface area contributed by atoms with E-state index < -0.39 is 0 Å². The fraction of sp³-hybridized carbons (Fsp3) is 0.538. The maximum absolute atomic E-state index is 11.3. The normalized spacial score (nSPS) is 16.2. The van der Waals surface area contributed by atoms with Crippen LogP contribution < -0.4 is 0 Å². The van der Waals surface area contributed by atoms with Crippen molar-refractivity contribution in [3.8, 4) is 0 Å². The van der Waals surface area contributed by atoms with Crippen LogP contribution in [0.1, 0.15) is 24.8 Å². The molecule has 1 aromatic heterocycles. The molecule has 19 heavy (non-hydrogen) atoms. The van der Waals surface area contributed by atoms with Crippen LogP contribution in [0, 0.1) is 5.41 Å². The minimum atomic E-state index is -0.121. The topological polar surface area (TPSA) is 39.2 Å². The van der Waals surface area contributed by atoms with Crippen LogP contribution in [0.5, 0.6) is 0 Å². The van der Waals surface area contributed by atoms with Gasteiger partial charge in [0.05, 0.1) is 13.5 Å². The van der Waals surface area contributed by atoms with Gasteiger partial charge in [0.1, 0.15) is 5.15 Å². The van der Waals surface area contributed by atoms with Crippen LogP contribution in [0.15, 0.2) is 12.3 Å². The average Bonchev–Trinajstić information content (AvgIpc) is 3.12. The molecule has 0 bridgehead atoms. The number of ether oxygens (including phenoxy) is 1. The molecule has 1 fully saturated rings. The largest absolute Gasteiger partial charge is 0.469 e. The van der Waals surface area contributed by atoms with E-state index in [1.807, 2.05) is 0 Å². The van der Waals surface area contributed by atoms with E-state index in [4.69, 9.17) is 27.9 Å². The fourth-order valence-electron chi connectivity index (χ4n) is 1.85. The van der Waals surface area contributed by atoms with Crippen molar-refractivity contribution in [2.45, 2.75) is 25.0 Å². The highest BCUT2D eigenvalue weighted by Crippen LogP contribution is 2.51. The summed E-state index contributed by atoms with van der Waals surface area (Å²) in [7, 11) is 1.44. The molecule has 3 nitrogen and oxygen atoms in total. The van der Waals surface area contributed by atoms with E-state index in [1.165, 1.54) is 7.11 Å². The summed E-state index contributed by atoms with van der Waals surface area (Å²) >= 11 is 13.6. The van der Waals surface area contributed by atoms with Gasteiger partial charge in [-0.15, -0.1) is 0 Å². The summed E-state index contributed by atoms with van der Waals surface area (Å²) in [6.07, 6.45) is 4.42. The van der Waals surface area contributed by atoms with E-state index in [9.17, 15) is 4.79 Å². The zero-order chi connectivity index (χ0) is 13.9. The molecule has 1 aliphatic rings. The van der Waals surface area contributed by atoms with Gasteiger partial charge >= 0.3 is 5.97 Å². The Morgan fingerprint density at radius 3 is 2.84 bits per heavy atom. The molecule has 0 spiro atoms. The second kappa shape index (κ2) is 6.33. The Morgan fingerprint density at radius 2 is 2.26 bits per heavy atom. The lowest BCUT2D eigenvalue weighted by Gasteiger charge is -2.13. The average molecular weight is 320 g/mol. The lowest BCUT2D eigenvalue weighted by molar-refractivity contribution is -0.141. The molecule has 6 heteroatoms. The maximum Gasteiger partial charge on any atom is 0.306 e. The molecule has 1 aromatic rings. The van der Waals surface area contributed by atoms with Gasteiger partial charge in [-0.3, -0.25) is 4.79 Å². The molecule has 2 rings (SSSR count). The molecule has 0 atom stereocenters. The number of hydrogen-bond acceptors (Lipinski definition) is 4. The third-order valence-corrected chi connectivity index (χ3v) is 5.16. The zero-order valence-electron chi connectivity index (χ0n) is 10.6. The third-order valence-electron chi connectivity index (χ3n) is 3.27. The Morgan fingerprint density at radius 1 is 1.53 bits per heavy atom.